The molecule has 0 amide bonds. The molecule has 9 heteroatoms. The second-order valence-electron chi connectivity index (χ2n) is 7.59. The van der Waals surface area contributed by atoms with Crippen LogP contribution in [0.2, 0.25) is 0 Å². The molecule has 8 nitrogen and oxygen atoms in total. The zero-order valence-corrected chi connectivity index (χ0v) is 19.4. The van der Waals surface area contributed by atoms with Gasteiger partial charge in [0, 0.05) is 17.7 Å². The monoisotopic (exact) mass is 447 g/mol. The summed E-state index contributed by atoms with van der Waals surface area (Å²) in [5.41, 5.74) is 8.28. The summed E-state index contributed by atoms with van der Waals surface area (Å²) >= 11 is 0. The van der Waals surface area contributed by atoms with Crippen LogP contribution in [0.15, 0.2) is 30.3 Å². The number of ketones is 1. The molecule has 31 heavy (non-hydrogen) atoms. The van der Waals surface area contributed by atoms with E-state index in [1.54, 1.807) is 23.9 Å². The molecular weight excluding hydrogens is 418 g/mol. The number of fused-ring (bicyclic) bond motifs is 1. The van der Waals surface area contributed by atoms with Gasteiger partial charge in [-0.1, -0.05) is 32.2 Å². The van der Waals surface area contributed by atoms with E-state index in [0.717, 1.165) is 18.4 Å². The number of carbonyl (C=O) groups is 1. The van der Waals surface area contributed by atoms with Crippen molar-refractivity contribution in [1.29, 1.82) is 0 Å². The number of anilines is 1. The van der Waals surface area contributed by atoms with Crippen molar-refractivity contribution in [2.75, 3.05) is 12.8 Å². The largest absolute Gasteiger partial charge is 1.00 e. The van der Waals surface area contributed by atoms with Crippen LogP contribution in [0.4, 0.5) is 5.95 Å². The van der Waals surface area contributed by atoms with Crippen molar-refractivity contribution in [3.8, 4) is 11.6 Å². The average Bonchev–Trinajstić information content (AvgIpc) is 3.06. The number of aromatic nitrogens is 4. The van der Waals surface area contributed by atoms with E-state index in [1.807, 2.05) is 18.2 Å². The Bertz CT molecular complexity index is 1050. The number of halogens is 1. The molecule has 0 aliphatic rings. The van der Waals surface area contributed by atoms with Gasteiger partial charge in [0.15, 0.2) is 6.54 Å². The number of ether oxygens (including phenoxy) is 2. The van der Waals surface area contributed by atoms with Crippen LogP contribution in [0.5, 0.6) is 11.6 Å². The number of nitrogens with zero attached hydrogens (tertiary/aromatic N) is 4. The number of methoxy groups -OCH3 is 1. The van der Waals surface area contributed by atoms with Gasteiger partial charge in [-0.05, 0) is 52.7 Å². The van der Waals surface area contributed by atoms with Gasteiger partial charge in [0.1, 0.15) is 11.9 Å². The van der Waals surface area contributed by atoms with Gasteiger partial charge < -0.3 is 27.6 Å². The third kappa shape index (κ3) is 5.44. The summed E-state index contributed by atoms with van der Waals surface area (Å²) < 4.78 is 14.3. The summed E-state index contributed by atoms with van der Waals surface area (Å²) in [6, 6.07) is 9.18. The van der Waals surface area contributed by atoms with Crippen molar-refractivity contribution < 1.29 is 31.4 Å². The molecule has 2 aromatic heterocycles. The van der Waals surface area contributed by atoms with E-state index in [4.69, 9.17) is 15.2 Å². The summed E-state index contributed by atoms with van der Waals surface area (Å²) in [6.45, 7) is 8.34. The Morgan fingerprint density at radius 3 is 2.52 bits per heavy atom. The van der Waals surface area contributed by atoms with Gasteiger partial charge in [0.05, 0.1) is 7.11 Å². The summed E-state index contributed by atoms with van der Waals surface area (Å²) in [7, 11) is 1.60. The highest BCUT2D eigenvalue weighted by Crippen LogP contribution is 2.23. The first-order chi connectivity index (χ1) is 14.4. The number of hydrogen-bond acceptors (Lipinski definition) is 6. The van der Waals surface area contributed by atoms with Crippen molar-refractivity contribution in [1.82, 2.24) is 14.7 Å². The molecule has 0 bridgehead atoms. The summed E-state index contributed by atoms with van der Waals surface area (Å²) in [6.07, 6.45) is 1.88. The van der Waals surface area contributed by atoms with Gasteiger partial charge >= 0.3 is 11.6 Å². The van der Waals surface area contributed by atoms with Crippen molar-refractivity contribution in [2.45, 2.75) is 59.1 Å². The highest BCUT2D eigenvalue weighted by atomic mass is 35.5. The topological polar surface area (TPSA) is 95.6 Å². The lowest BCUT2D eigenvalue weighted by Crippen LogP contribution is -3.00. The zero-order chi connectivity index (χ0) is 21.8. The maximum atomic E-state index is 13.0. The van der Waals surface area contributed by atoms with E-state index >= 15 is 0 Å². The highest BCUT2D eigenvalue weighted by Gasteiger charge is 2.23. The van der Waals surface area contributed by atoms with Gasteiger partial charge in [-0.3, -0.25) is 4.79 Å². The quantitative estimate of drug-likeness (QED) is 0.371. The molecule has 3 rings (SSSR count). The van der Waals surface area contributed by atoms with E-state index < -0.39 is 0 Å². The van der Waals surface area contributed by atoms with E-state index in [1.165, 1.54) is 4.52 Å². The minimum Gasteiger partial charge on any atom is -1.00 e. The second-order valence-corrected chi connectivity index (χ2v) is 7.59. The van der Waals surface area contributed by atoms with Crippen LogP contribution in [0, 0.1) is 0 Å². The lowest BCUT2D eigenvalue weighted by molar-refractivity contribution is -0.714. The number of carbonyl (C=O) groups excluding carboxylic acids is 1. The lowest BCUT2D eigenvalue weighted by atomic mass is 9.98. The fraction of sp³-hybridized carbons (Fsp3) is 0.455. The van der Waals surface area contributed by atoms with Crippen LogP contribution < -0.4 is 32.3 Å². The normalized spacial score (nSPS) is 11.1. The van der Waals surface area contributed by atoms with E-state index in [2.05, 4.69) is 37.9 Å². The van der Waals surface area contributed by atoms with Gasteiger partial charge in [-0.2, -0.15) is 0 Å². The molecular formula is C22H30ClN5O3. The Balaban J connectivity index is 0.00000341. The van der Waals surface area contributed by atoms with E-state index in [-0.39, 0.29) is 42.7 Å². The zero-order valence-electron chi connectivity index (χ0n) is 18.6. The predicted molar refractivity (Wildman–Crippen MR) is 114 cm³/mol. The third-order valence-electron chi connectivity index (χ3n) is 5.14. The number of nitrogen functional groups attached to an aromatic ring is 1. The molecule has 2 N–H and O–H groups in total. The fourth-order valence-corrected chi connectivity index (χ4v) is 3.25. The lowest BCUT2D eigenvalue weighted by Gasteiger charge is -2.13. The molecule has 0 atom stereocenters. The molecule has 2 heterocycles. The number of hydrogen-bond donors (Lipinski definition) is 1. The molecule has 0 aliphatic heterocycles. The van der Waals surface area contributed by atoms with Crippen LogP contribution in [0.1, 0.15) is 62.4 Å². The highest BCUT2D eigenvalue weighted by molar-refractivity contribution is 5.95. The average molecular weight is 448 g/mol. The molecule has 0 fully saturated rings. The molecule has 0 radical (unpaired) electrons. The number of rotatable bonds is 9. The molecule has 0 spiro atoms. The first-order valence-corrected chi connectivity index (χ1v) is 10.3. The van der Waals surface area contributed by atoms with E-state index in [9.17, 15) is 4.79 Å². The number of Topliss-reactive ketones (excluding diaryl/α,β-unsaturated/α-hetero) is 1. The summed E-state index contributed by atoms with van der Waals surface area (Å²) in [5, 5.41) is 8.73. The van der Waals surface area contributed by atoms with Crippen molar-refractivity contribution in [3.05, 3.63) is 41.5 Å². The maximum Gasteiger partial charge on any atom is 0.355 e. The fourth-order valence-electron chi connectivity index (χ4n) is 3.25. The molecule has 3 aromatic rings. The van der Waals surface area contributed by atoms with Crippen molar-refractivity contribution in [2.24, 2.45) is 0 Å². The Labute approximate surface area is 188 Å². The first-order valence-electron chi connectivity index (χ1n) is 10.3. The molecule has 0 saturated carbocycles. The second kappa shape index (κ2) is 10.4. The van der Waals surface area contributed by atoms with Crippen LogP contribution in [0.3, 0.4) is 0 Å². The van der Waals surface area contributed by atoms with Crippen LogP contribution >= 0.6 is 0 Å². The molecule has 0 aliphatic carbocycles. The molecule has 168 valence electrons. The van der Waals surface area contributed by atoms with Gasteiger partial charge in [-0.15, -0.1) is 4.68 Å². The van der Waals surface area contributed by atoms with Gasteiger partial charge in [0.2, 0.25) is 5.78 Å². The molecule has 1 aromatic carbocycles. The smallest absolute Gasteiger partial charge is 0.355 e. The Kier molecular flexibility index (Phi) is 8.21. The SMILES string of the molecule is CCC(CC)Oc1ccc2n(n1)c(N)n[n+]2CC(=O)c1cc(OC)cc(C(C)C)c1.[Cl-]. The van der Waals surface area contributed by atoms with E-state index in [0.29, 0.717) is 22.8 Å². The Hall–Kier alpha value is -2.87. The number of benzene rings is 1. The minimum absolute atomic E-state index is 0. The van der Waals surface area contributed by atoms with Crippen LogP contribution in [-0.2, 0) is 6.54 Å². The summed E-state index contributed by atoms with van der Waals surface area (Å²) in [4.78, 5) is 13.0. The van der Waals surface area contributed by atoms with Crippen molar-refractivity contribution in [3.63, 3.8) is 0 Å². The maximum absolute atomic E-state index is 13.0. The summed E-state index contributed by atoms with van der Waals surface area (Å²) in [5.74, 6) is 1.53. The van der Waals surface area contributed by atoms with Gasteiger partial charge in [0.25, 0.3) is 5.88 Å². The minimum atomic E-state index is -0.0850. The van der Waals surface area contributed by atoms with Crippen molar-refractivity contribution >= 4 is 17.4 Å². The standard InChI is InChI=1S/C22H30N5O3.ClH/c1-6-17(7-2)30-20-8-9-21-26(25-22(23)27(21)24-20)13-19(28)16-10-15(14(3)4)11-18(12-16)29-5;/h8-12,14,17H,6-7,13H2,1-5H3,(H2,23,25);1H/q+1;/p-1. The third-order valence-corrected chi connectivity index (χ3v) is 5.14. The first kappa shape index (κ1) is 24.4. The molecule has 0 unspecified atom stereocenters. The Morgan fingerprint density at radius 2 is 1.90 bits per heavy atom. The van der Waals surface area contributed by atoms with Gasteiger partial charge in [-0.25, -0.2) is 0 Å². The Morgan fingerprint density at radius 1 is 1.19 bits per heavy atom. The predicted octanol–water partition coefficient (Wildman–Crippen LogP) is 0.185. The van der Waals surface area contributed by atoms with Crippen LogP contribution in [-0.4, -0.2) is 33.7 Å². The molecule has 0 saturated heterocycles. The van der Waals surface area contributed by atoms with Crippen LogP contribution in [0.25, 0.3) is 5.65 Å². The number of nitrogens with two attached hydrogens (primary N) is 1.